The molecule has 1 aliphatic carbocycles. The number of carbonyl (C=O) groups is 3. The average molecular weight is 550 g/mol. The summed E-state index contributed by atoms with van der Waals surface area (Å²) >= 11 is 1.30. The first kappa shape index (κ1) is 27.8. The van der Waals surface area contributed by atoms with E-state index in [-0.39, 0.29) is 6.61 Å². The molecule has 2 aromatic carbocycles. The first-order valence-electron chi connectivity index (χ1n) is 12.6. The highest BCUT2D eigenvalue weighted by Crippen LogP contribution is 2.39. The molecular weight excluding hydrogens is 518 g/mol. The molecule has 0 bridgehead atoms. The predicted molar refractivity (Wildman–Crippen MR) is 150 cm³/mol. The van der Waals surface area contributed by atoms with Crippen molar-refractivity contribution in [1.29, 1.82) is 0 Å². The number of aryl methyl sites for hydroxylation is 2. The molecule has 0 unspecified atom stereocenters. The molecule has 1 heterocycles. The molecule has 2 N–H and O–H groups in total. The van der Waals surface area contributed by atoms with E-state index < -0.39 is 17.8 Å². The fourth-order valence-electron chi connectivity index (χ4n) is 4.18. The normalized spacial score (nSPS) is 12.5. The van der Waals surface area contributed by atoms with Crippen LogP contribution in [0.5, 0.6) is 11.5 Å². The van der Waals surface area contributed by atoms with Gasteiger partial charge >= 0.3 is 17.8 Å². The minimum atomic E-state index is -0.956. The third kappa shape index (κ3) is 6.64. The van der Waals surface area contributed by atoms with E-state index in [0.717, 1.165) is 35.3 Å². The Morgan fingerprint density at radius 3 is 2.51 bits per heavy atom. The number of ether oxygens (including phenoxy) is 3. The molecule has 9 nitrogen and oxygen atoms in total. The molecule has 39 heavy (non-hydrogen) atoms. The molecular formula is C29H31N3O6S. The Morgan fingerprint density at radius 1 is 1.03 bits per heavy atom. The Balaban J connectivity index is 1.40. The lowest BCUT2D eigenvalue weighted by molar-refractivity contribution is -0.136. The summed E-state index contributed by atoms with van der Waals surface area (Å²) in [6, 6.07) is 13.4. The van der Waals surface area contributed by atoms with Crippen LogP contribution in [0.2, 0.25) is 0 Å². The number of thiophene rings is 1. The molecule has 10 heteroatoms. The van der Waals surface area contributed by atoms with Crippen molar-refractivity contribution in [1.82, 2.24) is 5.43 Å². The maximum atomic E-state index is 12.6. The Kier molecular flexibility index (Phi) is 8.98. The number of anilines is 1. The summed E-state index contributed by atoms with van der Waals surface area (Å²) < 4.78 is 16.6. The topological polar surface area (TPSA) is 115 Å². The van der Waals surface area contributed by atoms with E-state index in [1.807, 2.05) is 31.2 Å². The summed E-state index contributed by atoms with van der Waals surface area (Å²) in [6.07, 6.45) is 2.52. The van der Waals surface area contributed by atoms with Crippen LogP contribution in [0.1, 0.15) is 57.8 Å². The van der Waals surface area contributed by atoms with Crippen molar-refractivity contribution in [3.05, 3.63) is 75.2 Å². The Hall–Kier alpha value is -4.18. The summed E-state index contributed by atoms with van der Waals surface area (Å²) in [5, 5.41) is 6.96. The molecule has 0 saturated heterocycles. The van der Waals surface area contributed by atoms with E-state index in [0.29, 0.717) is 39.9 Å². The van der Waals surface area contributed by atoms with Crippen molar-refractivity contribution in [3.8, 4) is 11.5 Å². The fourth-order valence-corrected chi connectivity index (χ4v) is 5.45. The molecule has 0 radical (unpaired) electrons. The number of methoxy groups -OCH3 is 1. The second kappa shape index (κ2) is 12.6. The van der Waals surface area contributed by atoms with E-state index in [2.05, 4.69) is 15.8 Å². The van der Waals surface area contributed by atoms with Gasteiger partial charge in [0.15, 0.2) is 11.5 Å². The largest absolute Gasteiger partial charge is 0.493 e. The SMILES string of the molecule is CCOC(=O)c1c(NC(=O)C(=O)NN=C(C)c2ccc(OCc3ccc(C)cc3)c(OC)c2)sc2c1CCC2. The maximum Gasteiger partial charge on any atom is 0.341 e. The maximum absolute atomic E-state index is 12.6. The average Bonchev–Trinajstić information content (AvgIpc) is 3.52. The highest BCUT2D eigenvalue weighted by Gasteiger charge is 2.29. The van der Waals surface area contributed by atoms with Crippen LogP contribution in [0.15, 0.2) is 47.6 Å². The molecule has 0 saturated carbocycles. The van der Waals surface area contributed by atoms with Crippen molar-refractivity contribution in [3.63, 3.8) is 0 Å². The molecule has 4 rings (SSSR count). The van der Waals surface area contributed by atoms with Crippen LogP contribution in [-0.4, -0.2) is 37.2 Å². The number of hydrogen-bond donors (Lipinski definition) is 2. The molecule has 2 amide bonds. The van der Waals surface area contributed by atoms with Crippen molar-refractivity contribution in [2.75, 3.05) is 19.0 Å². The third-order valence-electron chi connectivity index (χ3n) is 6.26. The van der Waals surface area contributed by atoms with E-state index in [4.69, 9.17) is 14.2 Å². The highest BCUT2D eigenvalue weighted by atomic mass is 32.1. The van der Waals surface area contributed by atoms with E-state index in [1.54, 1.807) is 39.2 Å². The number of nitrogens with one attached hydrogen (secondary N) is 2. The van der Waals surface area contributed by atoms with Crippen LogP contribution in [0, 0.1) is 6.92 Å². The summed E-state index contributed by atoms with van der Waals surface area (Å²) in [4.78, 5) is 38.6. The zero-order chi connectivity index (χ0) is 27.9. The Bertz CT molecular complexity index is 1410. The number of nitrogens with zero attached hydrogens (tertiary/aromatic N) is 1. The number of hydrazone groups is 1. The molecule has 204 valence electrons. The van der Waals surface area contributed by atoms with Crippen molar-refractivity contribution in [2.24, 2.45) is 5.10 Å². The smallest absolute Gasteiger partial charge is 0.341 e. The van der Waals surface area contributed by atoms with Gasteiger partial charge in [-0.3, -0.25) is 9.59 Å². The van der Waals surface area contributed by atoms with Crippen molar-refractivity contribution >= 4 is 39.8 Å². The van der Waals surface area contributed by atoms with Gasteiger partial charge in [-0.05, 0) is 69.4 Å². The van der Waals surface area contributed by atoms with Crippen LogP contribution in [-0.2, 0) is 33.8 Å². The monoisotopic (exact) mass is 549 g/mol. The first-order chi connectivity index (χ1) is 18.8. The third-order valence-corrected chi connectivity index (χ3v) is 7.46. The van der Waals surface area contributed by atoms with Crippen molar-refractivity contribution in [2.45, 2.75) is 46.6 Å². The molecule has 1 aliphatic rings. The van der Waals surface area contributed by atoms with Gasteiger partial charge in [0, 0.05) is 10.4 Å². The highest BCUT2D eigenvalue weighted by molar-refractivity contribution is 7.17. The minimum absolute atomic E-state index is 0.218. The quantitative estimate of drug-likeness (QED) is 0.172. The summed E-state index contributed by atoms with van der Waals surface area (Å²) in [7, 11) is 1.54. The molecule has 0 aliphatic heterocycles. The van der Waals surface area contributed by atoms with E-state index in [1.165, 1.54) is 16.9 Å². The van der Waals surface area contributed by atoms with Crippen LogP contribution < -0.4 is 20.2 Å². The lowest BCUT2D eigenvalue weighted by atomic mass is 10.1. The molecule has 0 spiro atoms. The van der Waals surface area contributed by atoms with E-state index >= 15 is 0 Å². The Morgan fingerprint density at radius 2 is 1.79 bits per heavy atom. The lowest BCUT2D eigenvalue weighted by Crippen LogP contribution is -2.33. The van der Waals surface area contributed by atoms with Gasteiger partial charge < -0.3 is 19.5 Å². The zero-order valence-corrected chi connectivity index (χ0v) is 23.2. The molecule has 0 fully saturated rings. The number of benzene rings is 2. The Labute approximate surface area is 231 Å². The number of hydrogen-bond acceptors (Lipinski definition) is 8. The first-order valence-corrected chi connectivity index (χ1v) is 13.5. The summed E-state index contributed by atoms with van der Waals surface area (Å²) in [6.45, 7) is 6.05. The fraction of sp³-hybridized carbons (Fsp3) is 0.310. The number of esters is 1. The van der Waals surface area contributed by atoms with Crippen LogP contribution >= 0.6 is 11.3 Å². The van der Waals surface area contributed by atoms with Gasteiger partial charge in [0.25, 0.3) is 0 Å². The van der Waals surface area contributed by atoms with Crippen LogP contribution in [0.25, 0.3) is 0 Å². The number of carbonyl (C=O) groups excluding carboxylic acids is 3. The number of fused-ring (bicyclic) bond motifs is 1. The van der Waals surface area contributed by atoms with Gasteiger partial charge in [-0.2, -0.15) is 5.10 Å². The predicted octanol–water partition coefficient (Wildman–Crippen LogP) is 4.79. The second-order valence-corrected chi connectivity index (χ2v) is 10.1. The minimum Gasteiger partial charge on any atom is -0.493 e. The summed E-state index contributed by atoms with van der Waals surface area (Å²) in [5.74, 6) is -1.30. The van der Waals surface area contributed by atoms with Crippen LogP contribution in [0.4, 0.5) is 5.00 Å². The second-order valence-electron chi connectivity index (χ2n) is 9.01. The van der Waals surface area contributed by atoms with Gasteiger partial charge in [0.2, 0.25) is 0 Å². The van der Waals surface area contributed by atoms with Gasteiger partial charge in [-0.25, -0.2) is 10.2 Å². The number of rotatable bonds is 9. The van der Waals surface area contributed by atoms with Crippen LogP contribution in [0.3, 0.4) is 0 Å². The van der Waals surface area contributed by atoms with Gasteiger partial charge in [-0.1, -0.05) is 29.8 Å². The number of amides is 2. The molecule has 3 aromatic rings. The molecule has 0 atom stereocenters. The zero-order valence-electron chi connectivity index (χ0n) is 22.4. The van der Waals surface area contributed by atoms with E-state index in [9.17, 15) is 14.4 Å². The standard InChI is InChI=1S/C29H31N3O6S/c1-5-37-29(35)25-21-7-6-8-24(21)39-28(25)30-26(33)27(34)32-31-18(3)20-13-14-22(23(15-20)36-4)38-16-19-11-9-17(2)10-12-19/h9-15H,5-8,16H2,1-4H3,(H,30,33)(H,32,34). The molecule has 1 aromatic heterocycles. The van der Waals surface area contributed by atoms with Crippen molar-refractivity contribution < 1.29 is 28.6 Å². The van der Waals surface area contributed by atoms with Gasteiger partial charge in [-0.15, -0.1) is 11.3 Å². The summed E-state index contributed by atoms with van der Waals surface area (Å²) in [5.41, 5.74) is 6.86. The lowest BCUT2D eigenvalue weighted by Gasteiger charge is -2.12. The van der Waals surface area contributed by atoms with Gasteiger partial charge in [0.05, 0.1) is 25.0 Å². The van der Waals surface area contributed by atoms with Gasteiger partial charge in [0.1, 0.15) is 11.6 Å².